The van der Waals surface area contributed by atoms with Crippen molar-refractivity contribution in [2.75, 3.05) is 11.9 Å². The van der Waals surface area contributed by atoms with Crippen LogP contribution in [0, 0.1) is 0 Å². The molecule has 0 unspecified atom stereocenters. The molecule has 1 saturated heterocycles. The largest absolute Gasteiger partial charge is 0.302 e. The summed E-state index contributed by atoms with van der Waals surface area (Å²) in [5.41, 5.74) is 1.91. The Bertz CT molecular complexity index is 1260. The molecule has 1 N–H and O–H groups in total. The number of hydrogen-bond acceptors (Lipinski definition) is 6. The normalized spacial score (nSPS) is 14.8. The lowest BCUT2D eigenvalue weighted by Gasteiger charge is -2.13. The van der Waals surface area contributed by atoms with Crippen LogP contribution in [-0.2, 0) is 16.0 Å². The first kappa shape index (κ1) is 24.1. The fourth-order valence-corrected chi connectivity index (χ4v) is 5.89. The van der Waals surface area contributed by atoms with E-state index in [0.29, 0.717) is 25.8 Å². The first-order valence-electron chi connectivity index (χ1n) is 9.88. The number of thiazole rings is 1. The lowest BCUT2D eigenvalue weighted by molar-refractivity contribution is -0.122. The second-order valence-corrected chi connectivity index (χ2v) is 11.2. The first-order chi connectivity index (χ1) is 15.9. The summed E-state index contributed by atoms with van der Waals surface area (Å²) in [7, 11) is 0. The van der Waals surface area contributed by atoms with E-state index in [4.69, 9.17) is 23.8 Å². The van der Waals surface area contributed by atoms with Crippen molar-refractivity contribution in [2.24, 2.45) is 0 Å². The number of nitrogens with one attached hydrogen (secondary N) is 1. The molecule has 2 amide bonds. The van der Waals surface area contributed by atoms with Crippen molar-refractivity contribution < 1.29 is 9.59 Å². The van der Waals surface area contributed by atoms with E-state index in [0.717, 1.165) is 20.5 Å². The number of aromatic nitrogens is 1. The molecule has 1 fully saturated rings. The summed E-state index contributed by atoms with van der Waals surface area (Å²) in [6.07, 6.45) is 4.31. The van der Waals surface area contributed by atoms with Gasteiger partial charge in [0.1, 0.15) is 4.32 Å². The minimum absolute atomic E-state index is 0.121. The fourth-order valence-electron chi connectivity index (χ4n) is 3.11. The van der Waals surface area contributed by atoms with Gasteiger partial charge in [-0.1, -0.05) is 81.8 Å². The van der Waals surface area contributed by atoms with Crippen molar-refractivity contribution in [3.8, 4) is 0 Å². The quantitative estimate of drug-likeness (QED) is 0.260. The van der Waals surface area contributed by atoms with Crippen LogP contribution in [0.4, 0.5) is 5.13 Å². The molecule has 1 aromatic heterocycles. The summed E-state index contributed by atoms with van der Waals surface area (Å²) in [6.45, 7) is 0.212. The standard InChI is InChI=1S/C23H17BrClN3O2S3/c24-16-6-3-4-14(10-16)11-19-21(30)28(23(31)33-19)9-8-20(29)27-22-26-13-17(32-22)12-15-5-1-2-7-18(15)25/h1-7,10-11,13H,8-9,12H2,(H,26,27,29). The molecule has 0 atom stereocenters. The van der Waals surface area contributed by atoms with Gasteiger partial charge in [-0.15, -0.1) is 11.3 Å². The van der Waals surface area contributed by atoms with Crippen LogP contribution in [-0.4, -0.2) is 32.6 Å². The number of carbonyl (C=O) groups is 2. The predicted molar refractivity (Wildman–Crippen MR) is 144 cm³/mol. The molecule has 2 heterocycles. The molecular weight excluding hydrogens is 562 g/mol. The summed E-state index contributed by atoms with van der Waals surface area (Å²) < 4.78 is 1.38. The molecule has 0 spiro atoms. The van der Waals surface area contributed by atoms with Crippen LogP contribution in [0.1, 0.15) is 22.4 Å². The van der Waals surface area contributed by atoms with E-state index < -0.39 is 0 Å². The highest BCUT2D eigenvalue weighted by atomic mass is 79.9. The third kappa shape index (κ3) is 6.30. The number of thiocarbonyl (C=S) groups is 1. The lowest BCUT2D eigenvalue weighted by atomic mass is 10.1. The Hall–Kier alpha value is -2.04. The molecule has 1 aliphatic heterocycles. The number of nitrogens with zero attached hydrogens (tertiary/aromatic N) is 2. The number of benzene rings is 2. The first-order valence-corrected chi connectivity index (χ1v) is 13.1. The molecule has 3 aromatic rings. The number of amides is 2. The van der Waals surface area contributed by atoms with Gasteiger partial charge < -0.3 is 5.32 Å². The van der Waals surface area contributed by atoms with Gasteiger partial charge in [0.25, 0.3) is 5.91 Å². The Morgan fingerprint density at radius 1 is 1.24 bits per heavy atom. The number of rotatable bonds is 7. The molecule has 0 aliphatic carbocycles. The van der Waals surface area contributed by atoms with Gasteiger partial charge in [0.05, 0.1) is 4.91 Å². The molecule has 4 rings (SSSR count). The molecule has 33 heavy (non-hydrogen) atoms. The average Bonchev–Trinajstić information content (AvgIpc) is 3.32. The van der Waals surface area contributed by atoms with Crippen LogP contribution in [0.25, 0.3) is 6.08 Å². The number of carbonyl (C=O) groups excluding carboxylic acids is 2. The molecule has 5 nitrogen and oxygen atoms in total. The molecule has 2 aromatic carbocycles. The second-order valence-electron chi connectivity index (χ2n) is 7.09. The van der Waals surface area contributed by atoms with Gasteiger partial charge in [-0.25, -0.2) is 4.98 Å². The zero-order chi connectivity index (χ0) is 23.4. The number of anilines is 1. The predicted octanol–water partition coefficient (Wildman–Crippen LogP) is 6.38. The van der Waals surface area contributed by atoms with Crippen molar-refractivity contribution in [3.63, 3.8) is 0 Å². The Kier molecular flexibility index (Phi) is 7.98. The summed E-state index contributed by atoms with van der Waals surface area (Å²) >= 11 is 17.7. The highest BCUT2D eigenvalue weighted by Gasteiger charge is 2.32. The molecule has 0 saturated carbocycles. The number of halogens is 2. The van der Waals surface area contributed by atoms with Crippen LogP contribution in [0.15, 0.2) is 64.1 Å². The van der Waals surface area contributed by atoms with Gasteiger partial charge in [-0.05, 0) is 35.4 Å². The molecular formula is C23H17BrClN3O2S3. The maximum Gasteiger partial charge on any atom is 0.266 e. The van der Waals surface area contributed by atoms with Crippen LogP contribution < -0.4 is 5.32 Å². The Balaban J connectivity index is 1.32. The Morgan fingerprint density at radius 3 is 2.85 bits per heavy atom. The van der Waals surface area contributed by atoms with Gasteiger partial charge in [0.2, 0.25) is 5.91 Å². The second kappa shape index (κ2) is 10.9. The minimum atomic E-state index is -0.223. The van der Waals surface area contributed by atoms with E-state index in [1.165, 1.54) is 28.0 Å². The van der Waals surface area contributed by atoms with E-state index in [-0.39, 0.29) is 24.8 Å². The molecule has 0 bridgehead atoms. The highest BCUT2D eigenvalue weighted by Crippen LogP contribution is 2.33. The van der Waals surface area contributed by atoms with Gasteiger partial charge in [-0.2, -0.15) is 0 Å². The molecule has 1 aliphatic rings. The van der Waals surface area contributed by atoms with Crippen LogP contribution in [0.3, 0.4) is 0 Å². The summed E-state index contributed by atoms with van der Waals surface area (Å²) in [6, 6.07) is 15.3. The fraction of sp³-hybridized carbons (Fsp3) is 0.130. The SMILES string of the molecule is O=C(CCN1C(=O)C(=Cc2cccc(Br)c2)SC1=S)Nc1ncc(Cc2ccccc2Cl)s1. The van der Waals surface area contributed by atoms with Gasteiger partial charge in [0.15, 0.2) is 5.13 Å². The number of thioether (sulfide) groups is 1. The van der Waals surface area contributed by atoms with Crippen molar-refractivity contribution in [2.45, 2.75) is 12.8 Å². The highest BCUT2D eigenvalue weighted by molar-refractivity contribution is 9.10. The van der Waals surface area contributed by atoms with Crippen molar-refractivity contribution >= 4 is 90.2 Å². The van der Waals surface area contributed by atoms with Crippen LogP contribution in [0.2, 0.25) is 5.02 Å². The maximum atomic E-state index is 12.8. The lowest BCUT2D eigenvalue weighted by Crippen LogP contribution is -2.31. The summed E-state index contributed by atoms with van der Waals surface area (Å²) in [5.74, 6) is -0.410. The minimum Gasteiger partial charge on any atom is -0.302 e. The number of hydrogen-bond donors (Lipinski definition) is 1. The summed E-state index contributed by atoms with van der Waals surface area (Å²) in [4.78, 5) is 32.5. The van der Waals surface area contributed by atoms with Crippen molar-refractivity contribution in [3.05, 3.63) is 85.1 Å². The van der Waals surface area contributed by atoms with E-state index >= 15 is 0 Å². The van der Waals surface area contributed by atoms with Gasteiger partial charge >= 0.3 is 0 Å². The monoisotopic (exact) mass is 577 g/mol. The third-order valence-electron chi connectivity index (χ3n) is 4.70. The zero-order valence-electron chi connectivity index (χ0n) is 17.1. The smallest absolute Gasteiger partial charge is 0.266 e. The van der Waals surface area contributed by atoms with Crippen molar-refractivity contribution in [1.82, 2.24) is 9.88 Å². The van der Waals surface area contributed by atoms with Gasteiger partial charge in [0, 0.05) is 40.0 Å². The topological polar surface area (TPSA) is 62.3 Å². The average molecular weight is 579 g/mol. The van der Waals surface area contributed by atoms with Crippen molar-refractivity contribution in [1.29, 1.82) is 0 Å². The van der Waals surface area contributed by atoms with Gasteiger partial charge in [-0.3, -0.25) is 14.5 Å². The van der Waals surface area contributed by atoms with E-state index in [2.05, 4.69) is 26.2 Å². The third-order valence-corrected chi connectivity index (χ3v) is 7.86. The Morgan fingerprint density at radius 2 is 2.06 bits per heavy atom. The van der Waals surface area contributed by atoms with Crippen LogP contribution >= 0.6 is 62.8 Å². The molecule has 168 valence electrons. The van der Waals surface area contributed by atoms with Crippen LogP contribution in [0.5, 0.6) is 0 Å². The van der Waals surface area contributed by atoms with E-state index in [9.17, 15) is 9.59 Å². The Labute approximate surface area is 218 Å². The molecule has 10 heteroatoms. The van der Waals surface area contributed by atoms with E-state index in [1.807, 2.05) is 48.5 Å². The molecule has 0 radical (unpaired) electrons. The van der Waals surface area contributed by atoms with E-state index in [1.54, 1.807) is 12.3 Å². The zero-order valence-corrected chi connectivity index (χ0v) is 21.9. The maximum absolute atomic E-state index is 12.8. The summed E-state index contributed by atoms with van der Waals surface area (Å²) in [5, 5.41) is 4.02.